The molecule has 0 spiro atoms. The molecule has 0 saturated carbocycles. The first-order valence-electron chi connectivity index (χ1n) is 10.8. The largest absolute Gasteiger partial charge is 0.497 e. The molecule has 1 unspecified atom stereocenters. The Balaban J connectivity index is 1.40. The second-order valence-electron chi connectivity index (χ2n) is 7.60. The van der Waals surface area contributed by atoms with E-state index in [0.29, 0.717) is 13.0 Å². The van der Waals surface area contributed by atoms with Gasteiger partial charge in [-0.25, -0.2) is 4.98 Å². The summed E-state index contributed by atoms with van der Waals surface area (Å²) < 4.78 is 12.2. The van der Waals surface area contributed by atoms with Gasteiger partial charge in [0.1, 0.15) is 5.75 Å². The molecule has 1 aliphatic heterocycles. The molecule has 1 aromatic heterocycles. The molecule has 2 aromatic carbocycles. The normalized spacial score (nSPS) is 15.9. The Hall–Kier alpha value is -1.74. The number of ether oxygens (including phenoxy) is 2. The Labute approximate surface area is 201 Å². The number of nitrogens with zero attached hydrogens (tertiary/aromatic N) is 2. The van der Waals surface area contributed by atoms with Crippen molar-refractivity contribution in [3.8, 4) is 5.75 Å². The number of methoxy groups -OCH3 is 1. The number of rotatable bonds is 10. The number of carbonyl (C=O) groups is 1. The summed E-state index contributed by atoms with van der Waals surface area (Å²) in [6.07, 6.45) is 5.54. The summed E-state index contributed by atoms with van der Waals surface area (Å²) in [4.78, 5) is 22.3. The number of amides is 1. The summed E-state index contributed by atoms with van der Waals surface area (Å²) >= 11 is 5.07. The van der Waals surface area contributed by atoms with Crippen LogP contribution in [0.5, 0.6) is 5.75 Å². The molecule has 1 atom stereocenters. The van der Waals surface area contributed by atoms with Gasteiger partial charge < -0.3 is 9.47 Å². The third-order valence-electron chi connectivity index (χ3n) is 5.39. The second kappa shape index (κ2) is 11.4. The lowest BCUT2D eigenvalue weighted by Crippen LogP contribution is -2.37. The maximum absolute atomic E-state index is 13.2. The van der Waals surface area contributed by atoms with Gasteiger partial charge >= 0.3 is 0 Å². The van der Waals surface area contributed by atoms with Gasteiger partial charge in [-0.1, -0.05) is 11.3 Å². The minimum Gasteiger partial charge on any atom is -0.497 e. The van der Waals surface area contributed by atoms with Gasteiger partial charge in [0.2, 0.25) is 5.91 Å². The topological polar surface area (TPSA) is 51.7 Å². The molecule has 32 heavy (non-hydrogen) atoms. The Morgan fingerprint density at radius 1 is 1.25 bits per heavy atom. The van der Waals surface area contributed by atoms with E-state index < -0.39 is 0 Å². The molecule has 1 saturated heterocycles. The van der Waals surface area contributed by atoms with Crippen molar-refractivity contribution >= 4 is 56.1 Å². The Bertz CT molecular complexity index is 1030. The van der Waals surface area contributed by atoms with Gasteiger partial charge in [0.05, 0.1) is 30.0 Å². The number of benzene rings is 2. The lowest BCUT2D eigenvalue weighted by Gasteiger charge is -2.23. The van der Waals surface area contributed by atoms with Gasteiger partial charge in [-0.2, -0.15) is 0 Å². The van der Waals surface area contributed by atoms with Crippen LogP contribution in [0.2, 0.25) is 0 Å². The van der Waals surface area contributed by atoms with Crippen LogP contribution in [-0.2, 0) is 9.53 Å². The number of hydrogen-bond donors (Lipinski definition) is 0. The minimum absolute atomic E-state index is 0.0985. The standard InChI is InChI=1S/C24H28N2O3S3/c1-28-17-7-9-19(10-8-17)31-14-4-6-23(27)26(16-18-5-3-13-29-18)24-25-21-12-11-20(30-2)15-22(21)32-24/h7-12,15,18H,3-6,13-14,16H2,1-2H3. The van der Waals surface area contributed by atoms with Crippen molar-refractivity contribution in [2.75, 3.05) is 37.2 Å². The highest BCUT2D eigenvalue weighted by atomic mass is 32.2. The highest BCUT2D eigenvalue weighted by Crippen LogP contribution is 2.33. The van der Waals surface area contributed by atoms with Gasteiger partial charge in [0, 0.05) is 22.8 Å². The Morgan fingerprint density at radius 3 is 2.78 bits per heavy atom. The Morgan fingerprint density at radius 2 is 2.06 bits per heavy atom. The van der Waals surface area contributed by atoms with E-state index in [2.05, 4.69) is 30.5 Å². The zero-order valence-electron chi connectivity index (χ0n) is 18.4. The van der Waals surface area contributed by atoms with Crippen molar-refractivity contribution in [1.82, 2.24) is 4.98 Å². The number of thioether (sulfide) groups is 2. The predicted molar refractivity (Wildman–Crippen MR) is 136 cm³/mol. The van der Waals surface area contributed by atoms with Gasteiger partial charge in [-0.15, -0.1) is 23.5 Å². The van der Waals surface area contributed by atoms with Crippen LogP contribution < -0.4 is 9.64 Å². The lowest BCUT2D eigenvalue weighted by atomic mass is 10.2. The van der Waals surface area contributed by atoms with Crippen LogP contribution in [0.3, 0.4) is 0 Å². The lowest BCUT2D eigenvalue weighted by molar-refractivity contribution is -0.119. The van der Waals surface area contributed by atoms with E-state index in [-0.39, 0.29) is 12.0 Å². The average molecular weight is 489 g/mol. The van der Waals surface area contributed by atoms with E-state index >= 15 is 0 Å². The van der Waals surface area contributed by atoms with E-state index in [4.69, 9.17) is 14.5 Å². The smallest absolute Gasteiger partial charge is 0.228 e. The SMILES string of the molecule is COc1ccc(SCCCC(=O)N(CC2CCCO2)c2nc3ccc(SC)cc3s2)cc1. The van der Waals surface area contributed by atoms with Crippen LogP contribution in [0.4, 0.5) is 5.13 Å². The van der Waals surface area contributed by atoms with Gasteiger partial charge in [-0.3, -0.25) is 9.69 Å². The number of hydrogen-bond acceptors (Lipinski definition) is 7. The summed E-state index contributed by atoms with van der Waals surface area (Å²) in [5.41, 5.74) is 0.947. The zero-order valence-corrected chi connectivity index (χ0v) is 20.9. The molecule has 0 aliphatic carbocycles. The monoisotopic (exact) mass is 488 g/mol. The van der Waals surface area contributed by atoms with E-state index in [9.17, 15) is 4.79 Å². The van der Waals surface area contributed by atoms with Crippen molar-refractivity contribution in [1.29, 1.82) is 0 Å². The highest BCUT2D eigenvalue weighted by Gasteiger charge is 2.26. The molecule has 0 N–H and O–H groups in total. The zero-order chi connectivity index (χ0) is 22.3. The summed E-state index contributed by atoms with van der Waals surface area (Å²) in [5, 5.41) is 0.779. The van der Waals surface area contributed by atoms with Crippen LogP contribution in [0.15, 0.2) is 52.3 Å². The highest BCUT2D eigenvalue weighted by molar-refractivity contribution is 7.99. The molecule has 2 heterocycles. The van der Waals surface area contributed by atoms with Crippen molar-refractivity contribution in [2.45, 2.75) is 41.6 Å². The predicted octanol–water partition coefficient (Wildman–Crippen LogP) is 6.11. The van der Waals surface area contributed by atoms with Crippen LogP contribution in [0.1, 0.15) is 25.7 Å². The number of aromatic nitrogens is 1. The first-order chi connectivity index (χ1) is 15.7. The van der Waals surface area contributed by atoms with E-state index in [1.807, 2.05) is 23.1 Å². The summed E-state index contributed by atoms with van der Waals surface area (Å²) in [6.45, 7) is 1.36. The van der Waals surface area contributed by atoms with Crippen molar-refractivity contribution in [3.05, 3.63) is 42.5 Å². The first kappa shape index (κ1) is 23.4. The number of thiazole rings is 1. The maximum Gasteiger partial charge on any atom is 0.228 e. The third-order valence-corrected chi connectivity index (χ3v) is 8.25. The fourth-order valence-electron chi connectivity index (χ4n) is 3.63. The quantitative estimate of drug-likeness (QED) is 0.253. The molecule has 0 bridgehead atoms. The summed E-state index contributed by atoms with van der Waals surface area (Å²) in [7, 11) is 1.67. The molecule has 0 radical (unpaired) electrons. The Kier molecular flexibility index (Phi) is 8.35. The summed E-state index contributed by atoms with van der Waals surface area (Å²) in [6, 6.07) is 14.3. The second-order valence-corrected chi connectivity index (χ2v) is 10.7. The van der Waals surface area contributed by atoms with Crippen molar-refractivity contribution < 1.29 is 14.3 Å². The molecular weight excluding hydrogens is 460 g/mol. The summed E-state index contributed by atoms with van der Waals surface area (Å²) in [5.74, 6) is 1.87. The molecule has 1 fully saturated rings. The number of anilines is 1. The fourth-order valence-corrected chi connectivity index (χ4v) is 6.03. The van der Waals surface area contributed by atoms with Crippen LogP contribution in [0.25, 0.3) is 10.2 Å². The van der Waals surface area contributed by atoms with Gasteiger partial charge in [0.25, 0.3) is 0 Å². The third kappa shape index (κ3) is 5.98. The van der Waals surface area contributed by atoms with E-state index in [1.165, 1.54) is 9.79 Å². The van der Waals surface area contributed by atoms with Gasteiger partial charge in [0.15, 0.2) is 5.13 Å². The number of carbonyl (C=O) groups excluding carboxylic acids is 1. The molecule has 3 aromatic rings. The molecule has 4 rings (SSSR count). The van der Waals surface area contributed by atoms with Gasteiger partial charge in [-0.05, 0) is 73.7 Å². The molecule has 1 aliphatic rings. The molecule has 8 heteroatoms. The molecule has 5 nitrogen and oxygen atoms in total. The molecular formula is C24H28N2O3S3. The maximum atomic E-state index is 13.2. The van der Waals surface area contributed by atoms with Crippen molar-refractivity contribution in [2.24, 2.45) is 0 Å². The van der Waals surface area contributed by atoms with E-state index in [1.54, 1.807) is 42.0 Å². The fraction of sp³-hybridized carbons (Fsp3) is 0.417. The molecule has 1 amide bonds. The van der Waals surface area contributed by atoms with Crippen LogP contribution in [0, 0.1) is 0 Å². The first-order valence-corrected chi connectivity index (χ1v) is 13.8. The molecule has 170 valence electrons. The van der Waals surface area contributed by atoms with Crippen LogP contribution >= 0.6 is 34.9 Å². The van der Waals surface area contributed by atoms with E-state index in [0.717, 1.165) is 52.7 Å². The minimum atomic E-state index is 0.0985. The average Bonchev–Trinajstić information content (AvgIpc) is 3.49. The van der Waals surface area contributed by atoms with Crippen LogP contribution in [-0.4, -0.2) is 49.3 Å². The van der Waals surface area contributed by atoms with Crippen molar-refractivity contribution in [3.63, 3.8) is 0 Å². The number of fused-ring (bicyclic) bond motifs is 1.